The maximum absolute atomic E-state index is 6.25. The number of methoxy groups -OCH3 is 1. The lowest BCUT2D eigenvalue weighted by Gasteiger charge is -2.25. The Hall–Kier alpha value is -2.70. The Morgan fingerprint density at radius 2 is 1.93 bits per heavy atom. The predicted molar refractivity (Wildman–Crippen MR) is 108 cm³/mol. The molecule has 6 heteroatoms. The van der Waals surface area contributed by atoms with E-state index >= 15 is 0 Å². The molecule has 0 bridgehead atoms. The third-order valence-corrected chi connectivity index (χ3v) is 5.06. The Morgan fingerprint density at radius 1 is 1.11 bits per heavy atom. The Labute approximate surface area is 164 Å². The van der Waals surface area contributed by atoms with Crippen molar-refractivity contribution in [3.8, 4) is 11.3 Å². The van der Waals surface area contributed by atoms with Gasteiger partial charge in [0.2, 0.25) is 0 Å². The maximum Gasteiger partial charge on any atom is 0.170 e. The van der Waals surface area contributed by atoms with Crippen molar-refractivity contribution in [1.82, 2.24) is 15.2 Å². The first-order chi connectivity index (χ1) is 13.3. The predicted octanol–water partition coefficient (Wildman–Crippen LogP) is 3.96. The van der Waals surface area contributed by atoms with Gasteiger partial charge in [0.05, 0.1) is 18.3 Å². The van der Waals surface area contributed by atoms with E-state index in [9.17, 15) is 0 Å². The van der Waals surface area contributed by atoms with E-state index in [4.69, 9.17) is 21.4 Å². The first-order valence-corrected chi connectivity index (χ1v) is 9.31. The van der Waals surface area contributed by atoms with Crippen LogP contribution in [-0.4, -0.2) is 35.3 Å². The molecule has 0 unspecified atom stereocenters. The summed E-state index contributed by atoms with van der Waals surface area (Å²) in [6.45, 7) is 1.26. The number of ether oxygens (including phenoxy) is 1. The molecule has 1 aliphatic rings. The van der Waals surface area contributed by atoms with Crippen molar-refractivity contribution in [1.29, 1.82) is 0 Å². The molecule has 1 aromatic carbocycles. The Morgan fingerprint density at radius 3 is 2.67 bits per heavy atom. The van der Waals surface area contributed by atoms with Crippen LogP contribution in [0.5, 0.6) is 0 Å². The summed E-state index contributed by atoms with van der Waals surface area (Å²) >= 11 is 5.60. The van der Waals surface area contributed by atoms with Crippen LogP contribution in [0.2, 0.25) is 0 Å². The fourth-order valence-corrected chi connectivity index (χ4v) is 3.75. The largest absolute Gasteiger partial charge is 0.459 e. The number of rotatable bonds is 6. The van der Waals surface area contributed by atoms with Gasteiger partial charge < -0.3 is 19.4 Å². The first-order valence-electron chi connectivity index (χ1n) is 8.90. The highest BCUT2D eigenvalue weighted by atomic mass is 32.1. The van der Waals surface area contributed by atoms with Gasteiger partial charge in [-0.3, -0.25) is 4.98 Å². The van der Waals surface area contributed by atoms with Crippen molar-refractivity contribution in [2.75, 3.05) is 20.3 Å². The summed E-state index contributed by atoms with van der Waals surface area (Å²) in [5, 5.41) is 4.09. The molecule has 4 rings (SSSR count). The molecule has 2 aromatic heterocycles. The molecule has 2 atom stereocenters. The molecule has 1 saturated heterocycles. The molecule has 138 valence electrons. The van der Waals surface area contributed by atoms with Gasteiger partial charge in [-0.15, -0.1) is 0 Å². The summed E-state index contributed by atoms with van der Waals surface area (Å²) < 4.78 is 11.5. The SMILES string of the molecule is COCCN1C(=S)N[C@H](c2ccccn2)[C@H]1c1ccc(-c2ccccc2)o1. The second-order valence-electron chi connectivity index (χ2n) is 6.38. The summed E-state index contributed by atoms with van der Waals surface area (Å²) in [6.07, 6.45) is 1.80. The maximum atomic E-state index is 6.25. The summed E-state index contributed by atoms with van der Waals surface area (Å²) in [5.74, 6) is 1.70. The molecular weight excluding hydrogens is 358 g/mol. The molecule has 5 nitrogen and oxygen atoms in total. The van der Waals surface area contributed by atoms with E-state index in [-0.39, 0.29) is 12.1 Å². The van der Waals surface area contributed by atoms with Crippen LogP contribution in [0, 0.1) is 0 Å². The van der Waals surface area contributed by atoms with E-state index in [1.807, 2.05) is 60.7 Å². The Balaban J connectivity index is 1.70. The normalized spacial score (nSPS) is 19.3. The zero-order valence-electron chi connectivity index (χ0n) is 15.0. The van der Waals surface area contributed by atoms with E-state index in [2.05, 4.69) is 15.2 Å². The Kier molecular flexibility index (Phi) is 5.18. The lowest BCUT2D eigenvalue weighted by atomic mass is 10.0. The quantitative estimate of drug-likeness (QED) is 0.654. The number of hydrogen-bond donors (Lipinski definition) is 1. The van der Waals surface area contributed by atoms with Gasteiger partial charge >= 0.3 is 0 Å². The fraction of sp³-hybridized carbons (Fsp3) is 0.238. The van der Waals surface area contributed by atoms with E-state index in [1.54, 1.807) is 13.3 Å². The molecular formula is C21H21N3O2S. The number of hydrogen-bond acceptors (Lipinski definition) is 4. The Bertz CT molecular complexity index is 898. The fourth-order valence-electron chi connectivity index (χ4n) is 3.41. The van der Waals surface area contributed by atoms with Gasteiger partial charge in [-0.2, -0.15) is 0 Å². The lowest BCUT2D eigenvalue weighted by molar-refractivity contribution is 0.158. The van der Waals surface area contributed by atoms with Gasteiger partial charge in [-0.25, -0.2) is 0 Å². The van der Waals surface area contributed by atoms with Crippen LogP contribution in [0.3, 0.4) is 0 Å². The van der Waals surface area contributed by atoms with Crippen molar-refractivity contribution in [2.45, 2.75) is 12.1 Å². The van der Waals surface area contributed by atoms with Crippen LogP contribution in [0.1, 0.15) is 23.5 Å². The van der Waals surface area contributed by atoms with Gasteiger partial charge in [-0.05, 0) is 36.5 Å². The third kappa shape index (κ3) is 3.59. The monoisotopic (exact) mass is 379 g/mol. The molecule has 0 radical (unpaired) electrons. The smallest absolute Gasteiger partial charge is 0.170 e. The summed E-state index contributed by atoms with van der Waals surface area (Å²) in [6, 6.07) is 19.9. The van der Waals surface area contributed by atoms with Crippen molar-refractivity contribution in [3.05, 3.63) is 78.3 Å². The number of nitrogens with zero attached hydrogens (tertiary/aromatic N) is 2. The van der Waals surface area contributed by atoms with Gasteiger partial charge in [0, 0.05) is 25.4 Å². The molecule has 0 amide bonds. The molecule has 0 aliphatic carbocycles. The number of pyridine rings is 1. The van der Waals surface area contributed by atoms with Gasteiger partial charge in [-0.1, -0.05) is 36.4 Å². The summed E-state index contributed by atoms with van der Waals surface area (Å²) in [4.78, 5) is 6.65. The van der Waals surface area contributed by atoms with Crippen LogP contribution < -0.4 is 5.32 Å². The summed E-state index contributed by atoms with van der Waals surface area (Å²) in [5.41, 5.74) is 1.98. The minimum Gasteiger partial charge on any atom is -0.459 e. The van der Waals surface area contributed by atoms with Crippen LogP contribution >= 0.6 is 12.2 Å². The third-order valence-electron chi connectivity index (χ3n) is 4.71. The molecule has 1 fully saturated rings. The second kappa shape index (κ2) is 7.90. The molecule has 27 heavy (non-hydrogen) atoms. The van der Waals surface area contributed by atoms with Crippen LogP contribution in [0.15, 0.2) is 71.3 Å². The highest BCUT2D eigenvalue weighted by Crippen LogP contribution is 2.40. The zero-order chi connectivity index (χ0) is 18.6. The van der Waals surface area contributed by atoms with E-state index in [1.165, 1.54) is 0 Å². The van der Waals surface area contributed by atoms with Crippen molar-refractivity contribution in [2.24, 2.45) is 0 Å². The van der Waals surface area contributed by atoms with E-state index in [0.29, 0.717) is 18.3 Å². The average molecular weight is 379 g/mol. The number of nitrogens with one attached hydrogen (secondary N) is 1. The van der Waals surface area contributed by atoms with Gasteiger partial charge in [0.25, 0.3) is 0 Å². The number of furan rings is 1. The number of benzene rings is 1. The second-order valence-corrected chi connectivity index (χ2v) is 6.77. The number of aromatic nitrogens is 1. The van der Waals surface area contributed by atoms with E-state index in [0.717, 1.165) is 22.8 Å². The van der Waals surface area contributed by atoms with Crippen molar-refractivity contribution < 1.29 is 9.15 Å². The highest BCUT2D eigenvalue weighted by molar-refractivity contribution is 7.80. The number of thiocarbonyl (C=S) groups is 1. The van der Waals surface area contributed by atoms with Crippen LogP contribution in [-0.2, 0) is 4.74 Å². The topological polar surface area (TPSA) is 50.5 Å². The zero-order valence-corrected chi connectivity index (χ0v) is 15.9. The molecule has 3 aromatic rings. The first kappa shape index (κ1) is 17.7. The van der Waals surface area contributed by atoms with Gasteiger partial charge in [0.1, 0.15) is 17.6 Å². The van der Waals surface area contributed by atoms with Crippen LogP contribution in [0.4, 0.5) is 0 Å². The molecule has 0 saturated carbocycles. The summed E-state index contributed by atoms with van der Waals surface area (Å²) in [7, 11) is 1.69. The standard InChI is InChI=1S/C21H21N3O2S/c1-25-14-13-24-20(19(23-21(24)27)16-9-5-6-12-22-16)18-11-10-17(26-18)15-7-3-2-4-8-15/h2-12,19-20H,13-14H2,1H3,(H,23,27)/t19-,20-/m1/s1. The molecule has 0 spiro atoms. The highest BCUT2D eigenvalue weighted by Gasteiger charge is 2.41. The molecule has 1 aliphatic heterocycles. The molecule has 1 N–H and O–H groups in total. The average Bonchev–Trinajstić information content (AvgIpc) is 3.32. The van der Waals surface area contributed by atoms with Crippen LogP contribution in [0.25, 0.3) is 11.3 Å². The molecule has 3 heterocycles. The van der Waals surface area contributed by atoms with Crippen molar-refractivity contribution >= 4 is 17.3 Å². The lowest BCUT2D eigenvalue weighted by Crippen LogP contribution is -2.32. The van der Waals surface area contributed by atoms with E-state index < -0.39 is 0 Å². The minimum absolute atomic E-state index is 0.0784. The minimum atomic E-state index is -0.0833. The van der Waals surface area contributed by atoms with Crippen molar-refractivity contribution in [3.63, 3.8) is 0 Å². The van der Waals surface area contributed by atoms with Gasteiger partial charge in [0.15, 0.2) is 5.11 Å².